The van der Waals surface area contributed by atoms with Gasteiger partial charge in [-0.25, -0.2) is 4.98 Å². The van der Waals surface area contributed by atoms with Crippen molar-refractivity contribution in [3.05, 3.63) is 28.5 Å². The van der Waals surface area contributed by atoms with Gasteiger partial charge >= 0.3 is 0 Å². The molecule has 1 aliphatic rings. The first-order valence-corrected chi connectivity index (χ1v) is 8.79. The number of hydrogen-bond donors (Lipinski definition) is 1. The molecule has 1 N–H and O–H groups in total. The Kier molecular flexibility index (Phi) is 5.73. The second-order valence-electron chi connectivity index (χ2n) is 5.22. The SMILES string of the molecule is CCc1cc(C(=O)NC2CCCC(SC)C2)cc(Cl)n1. The summed E-state index contributed by atoms with van der Waals surface area (Å²) in [5, 5.41) is 4.20. The third-order valence-corrected chi connectivity index (χ3v) is 5.05. The lowest BCUT2D eigenvalue weighted by atomic mass is 9.94. The van der Waals surface area contributed by atoms with Crippen LogP contribution in [0.1, 0.15) is 48.7 Å². The van der Waals surface area contributed by atoms with Crippen LogP contribution in [-0.2, 0) is 6.42 Å². The average molecular weight is 313 g/mol. The maximum Gasteiger partial charge on any atom is 0.251 e. The third kappa shape index (κ3) is 4.13. The first-order chi connectivity index (χ1) is 9.62. The lowest BCUT2D eigenvalue weighted by Crippen LogP contribution is -2.39. The van der Waals surface area contributed by atoms with Crippen LogP contribution in [0.4, 0.5) is 0 Å². The van der Waals surface area contributed by atoms with Crippen molar-refractivity contribution < 1.29 is 4.79 Å². The Morgan fingerprint density at radius 1 is 1.50 bits per heavy atom. The summed E-state index contributed by atoms with van der Waals surface area (Å²) in [4.78, 5) is 16.5. The normalized spacial score (nSPS) is 22.6. The molecule has 2 atom stereocenters. The van der Waals surface area contributed by atoms with Gasteiger partial charge in [-0.3, -0.25) is 4.79 Å². The van der Waals surface area contributed by atoms with E-state index in [0.29, 0.717) is 16.0 Å². The second-order valence-corrected chi connectivity index (χ2v) is 6.74. The molecular formula is C15H21ClN2OS. The van der Waals surface area contributed by atoms with E-state index in [-0.39, 0.29) is 11.9 Å². The molecule has 0 spiro atoms. The molecule has 3 nitrogen and oxygen atoms in total. The summed E-state index contributed by atoms with van der Waals surface area (Å²) < 4.78 is 0. The molecule has 0 bridgehead atoms. The van der Waals surface area contributed by atoms with Crippen LogP contribution >= 0.6 is 23.4 Å². The van der Waals surface area contributed by atoms with Crippen LogP contribution in [0.3, 0.4) is 0 Å². The molecular weight excluding hydrogens is 292 g/mol. The van der Waals surface area contributed by atoms with Crippen molar-refractivity contribution in [3.8, 4) is 0 Å². The third-order valence-electron chi connectivity index (χ3n) is 3.77. The molecule has 1 aliphatic carbocycles. The fraction of sp³-hybridized carbons (Fsp3) is 0.600. The largest absolute Gasteiger partial charge is 0.349 e. The van der Waals surface area contributed by atoms with Gasteiger partial charge in [0.05, 0.1) is 0 Å². The summed E-state index contributed by atoms with van der Waals surface area (Å²) in [6, 6.07) is 3.76. The molecule has 1 amide bonds. The van der Waals surface area contributed by atoms with E-state index in [9.17, 15) is 4.79 Å². The second kappa shape index (κ2) is 7.32. The summed E-state index contributed by atoms with van der Waals surface area (Å²) in [6.45, 7) is 2.00. The quantitative estimate of drug-likeness (QED) is 0.862. The van der Waals surface area contributed by atoms with E-state index in [0.717, 1.165) is 25.0 Å². The number of thioether (sulfide) groups is 1. The minimum Gasteiger partial charge on any atom is -0.349 e. The minimum absolute atomic E-state index is 0.0317. The molecule has 1 saturated carbocycles. The highest BCUT2D eigenvalue weighted by atomic mass is 35.5. The van der Waals surface area contributed by atoms with Gasteiger partial charge in [0, 0.05) is 22.5 Å². The number of nitrogens with one attached hydrogen (secondary N) is 1. The van der Waals surface area contributed by atoms with Crippen LogP contribution in [0.5, 0.6) is 0 Å². The zero-order valence-electron chi connectivity index (χ0n) is 12.0. The number of rotatable bonds is 4. The van der Waals surface area contributed by atoms with E-state index >= 15 is 0 Å². The molecule has 0 aliphatic heterocycles. The van der Waals surface area contributed by atoms with Crippen molar-refractivity contribution in [3.63, 3.8) is 0 Å². The van der Waals surface area contributed by atoms with Crippen molar-refractivity contribution in [2.45, 2.75) is 50.3 Å². The van der Waals surface area contributed by atoms with Crippen molar-refractivity contribution in [1.29, 1.82) is 0 Å². The van der Waals surface area contributed by atoms with Gasteiger partial charge in [-0.2, -0.15) is 11.8 Å². The van der Waals surface area contributed by atoms with Crippen LogP contribution < -0.4 is 5.32 Å². The molecule has 1 heterocycles. The molecule has 1 fully saturated rings. The predicted molar refractivity (Wildman–Crippen MR) is 85.7 cm³/mol. The van der Waals surface area contributed by atoms with E-state index < -0.39 is 0 Å². The topological polar surface area (TPSA) is 42.0 Å². The molecule has 20 heavy (non-hydrogen) atoms. The number of nitrogens with zero attached hydrogens (tertiary/aromatic N) is 1. The predicted octanol–water partition coefficient (Wildman–Crippen LogP) is 3.70. The summed E-state index contributed by atoms with van der Waals surface area (Å²) in [5.74, 6) is -0.0317. The fourth-order valence-corrected chi connectivity index (χ4v) is 3.68. The van der Waals surface area contributed by atoms with E-state index in [1.165, 1.54) is 12.8 Å². The molecule has 2 rings (SSSR count). The molecule has 2 unspecified atom stereocenters. The van der Waals surface area contributed by atoms with Gasteiger partial charge in [-0.15, -0.1) is 0 Å². The fourth-order valence-electron chi connectivity index (χ4n) is 2.62. The number of amides is 1. The lowest BCUT2D eigenvalue weighted by Gasteiger charge is -2.28. The van der Waals surface area contributed by atoms with E-state index in [1.54, 1.807) is 6.07 Å². The highest BCUT2D eigenvalue weighted by Crippen LogP contribution is 2.27. The first kappa shape index (κ1) is 15.6. The smallest absolute Gasteiger partial charge is 0.251 e. The summed E-state index contributed by atoms with van der Waals surface area (Å²) in [5.41, 5.74) is 1.47. The van der Waals surface area contributed by atoms with Crippen molar-refractivity contribution in [2.75, 3.05) is 6.26 Å². The standard InChI is InChI=1S/C15H21ClN2OS/c1-3-11-7-10(8-14(16)17-11)15(19)18-12-5-4-6-13(9-12)20-2/h7-8,12-13H,3-6,9H2,1-2H3,(H,18,19). The van der Waals surface area contributed by atoms with Crippen LogP contribution in [-0.4, -0.2) is 28.4 Å². The molecule has 0 saturated heterocycles. The molecule has 1 aromatic rings. The van der Waals surface area contributed by atoms with E-state index in [2.05, 4.69) is 16.6 Å². The van der Waals surface area contributed by atoms with Crippen LogP contribution in [0.25, 0.3) is 0 Å². The summed E-state index contributed by atoms with van der Waals surface area (Å²) in [6.07, 6.45) is 7.50. The van der Waals surface area contributed by atoms with Crippen molar-refractivity contribution in [1.82, 2.24) is 10.3 Å². The Labute approximate surface area is 129 Å². The summed E-state index contributed by atoms with van der Waals surface area (Å²) in [7, 11) is 0. The Morgan fingerprint density at radius 2 is 2.30 bits per heavy atom. The number of carbonyl (C=O) groups is 1. The van der Waals surface area contributed by atoms with Gasteiger partial charge in [0.15, 0.2) is 0 Å². The van der Waals surface area contributed by atoms with Gasteiger partial charge < -0.3 is 5.32 Å². The van der Waals surface area contributed by atoms with Gasteiger partial charge in [0.2, 0.25) is 0 Å². The zero-order chi connectivity index (χ0) is 14.5. The molecule has 0 radical (unpaired) electrons. The van der Waals surface area contributed by atoms with Crippen LogP contribution in [0.15, 0.2) is 12.1 Å². The molecule has 1 aromatic heterocycles. The Morgan fingerprint density at radius 3 is 3.00 bits per heavy atom. The number of halogens is 1. The molecule has 0 aromatic carbocycles. The summed E-state index contributed by atoms with van der Waals surface area (Å²) >= 11 is 7.87. The van der Waals surface area contributed by atoms with E-state index in [4.69, 9.17) is 11.6 Å². The van der Waals surface area contributed by atoms with Gasteiger partial charge in [-0.05, 0) is 44.1 Å². The van der Waals surface area contributed by atoms with Gasteiger partial charge in [-0.1, -0.05) is 24.9 Å². The zero-order valence-corrected chi connectivity index (χ0v) is 13.6. The number of hydrogen-bond acceptors (Lipinski definition) is 3. The van der Waals surface area contributed by atoms with Crippen molar-refractivity contribution >= 4 is 29.3 Å². The average Bonchev–Trinajstić information content (AvgIpc) is 2.46. The van der Waals surface area contributed by atoms with Crippen molar-refractivity contribution in [2.24, 2.45) is 0 Å². The highest BCUT2D eigenvalue weighted by Gasteiger charge is 2.23. The highest BCUT2D eigenvalue weighted by molar-refractivity contribution is 7.99. The van der Waals surface area contributed by atoms with Crippen LogP contribution in [0.2, 0.25) is 5.15 Å². The monoisotopic (exact) mass is 312 g/mol. The maximum absolute atomic E-state index is 12.3. The Balaban J connectivity index is 2.02. The van der Waals surface area contributed by atoms with E-state index in [1.807, 2.05) is 24.8 Å². The first-order valence-electron chi connectivity index (χ1n) is 7.12. The molecule has 110 valence electrons. The molecule has 5 heteroatoms. The Hall–Kier alpha value is -0.740. The van der Waals surface area contributed by atoms with Gasteiger partial charge in [0.1, 0.15) is 5.15 Å². The maximum atomic E-state index is 12.3. The minimum atomic E-state index is -0.0317. The number of aryl methyl sites for hydroxylation is 1. The number of pyridine rings is 1. The lowest BCUT2D eigenvalue weighted by molar-refractivity contribution is 0.0928. The van der Waals surface area contributed by atoms with Gasteiger partial charge in [0.25, 0.3) is 5.91 Å². The Bertz CT molecular complexity index is 481. The number of aromatic nitrogens is 1. The number of carbonyl (C=O) groups excluding carboxylic acids is 1. The van der Waals surface area contributed by atoms with Crippen LogP contribution in [0, 0.1) is 0 Å².